The molecule has 0 unspecified atom stereocenters. The highest BCUT2D eigenvalue weighted by molar-refractivity contribution is 7.90. The van der Waals surface area contributed by atoms with Crippen LogP contribution >= 0.6 is 0 Å². The molecule has 3 rings (SSSR count). The third-order valence-corrected chi connectivity index (χ3v) is 4.60. The van der Waals surface area contributed by atoms with Gasteiger partial charge in [-0.2, -0.15) is 0 Å². The van der Waals surface area contributed by atoms with E-state index in [1.165, 1.54) is 24.3 Å². The SMILES string of the molecule is COc1cccc(-c2nnc(NC(=O)c3cccc(S(C)(=O)=O)c3)o2)c1. The first kappa shape index (κ1) is 17.6. The highest BCUT2D eigenvalue weighted by atomic mass is 32.2. The van der Waals surface area contributed by atoms with Crippen LogP contribution in [0.15, 0.2) is 57.8 Å². The zero-order valence-electron chi connectivity index (χ0n) is 14.0. The van der Waals surface area contributed by atoms with Gasteiger partial charge in [0.25, 0.3) is 5.91 Å². The molecule has 0 saturated heterocycles. The van der Waals surface area contributed by atoms with Gasteiger partial charge in [0, 0.05) is 17.4 Å². The summed E-state index contributed by atoms with van der Waals surface area (Å²) < 4.78 is 33.8. The molecule has 134 valence electrons. The molecule has 0 spiro atoms. The largest absolute Gasteiger partial charge is 0.497 e. The maximum absolute atomic E-state index is 12.3. The number of carbonyl (C=O) groups excluding carboxylic acids is 1. The van der Waals surface area contributed by atoms with Crippen LogP contribution in [-0.4, -0.2) is 37.9 Å². The Morgan fingerprint density at radius 3 is 2.62 bits per heavy atom. The number of anilines is 1. The lowest BCUT2D eigenvalue weighted by molar-refractivity contribution is 0.102. The van der Waals surface area contributed by atoms with E-state index in [9.17, 15) is 13.2 Å². The van der Waals surface area contributed by atoms with Crippen molar-refractivity contribution in [1.29, 1.82) is 0 Å². The Bertz CT molecular complexity index is 1060. The number of rotatable bonds is 5. The first-order chi connectivity index (χ1) is 12.4. The monoisotopic (exact) mass is 373 g/mol. The predicted molar refractivity (Wildman–Crippen MR) is 93.8 cm³/mol. The van der Waals surface area contributed by atoms with E-state index in [4.69, 9.17) is 9.15 Å². The van der Waals surface area contributed by atoms with Crippen LogP contribution in [0.2, 0.25) is 0 Å². The molecule has 1 amide bonds. The summed E-state index contributed by atoms with van der Waals surface area (Å²) in [6, 6.07) is 12.6. The summed E-state index contributed by atoms with van der Waals surface area (Å²) in [5, 5.41) is 10.1. The molecule has 3 aromatic rings. The Morgan fingerprint density at radius 1 is 1.12 bits per heavy atom. The Kier molecular flexibility index (Phi) is 4.72. The van der Waals surface area contributed by atoms with Gasteiger partial charge in [-0.15, -0.1) is 5.10 Å². The number of nitrogens with one attached hydrogen (secondary N) is 1. The van der Waals surface area contributed by atoms with Crippen LogP contribution in [0.3, 0.4) is 0 Å². The van der Waals surface area contributed by atoms with Gasteiger partial charge in [0.2, 0.25) is 5.89 Å². The average Bonchev–Trinajstić information content (AvgIpc) is 3.09. The Hall–Kier alpha value is -3.20. The highest BCUT2D eigenvalue weighted by Crippen LogP contribution is 2.24. The molecule has 0 aliphatic heterocycles. The molecule has 2 aromatic carbocycles. The zero-order valence-corrected chi connectivity index (χ0v) is 14.8. The Morgan fingerprint density at radius 2 is 1.88 bits per heavy atom. The summed E-state index contributed by atoms with van der Waals surface area (Å²) >= 11 is 0. The van der Waals surface area contributed by atoms with Gasteiger partial charge >= 0.3 is 6.01 Å². The number of nitrogens with zero attached hydrogens (tertiary/aromatic N) is 2. The molecule has 9 heteroatoms. The number of benzene rings is 2. The minimum atomic E-state index is -3.41. The van der Waals surface area contributed by atoms with E-state index < -0.39 is 15.7 Å². The van der Waals surface area contributed by atoms with Gasteiger partial charge in [-0.3, -0.25) is 10.1 Å². The summed E-state index contributed by atoms with van der Waals surface area (Å²) in [7, 11) is -1.87. The van der Waals surface area contributed by atoms with Crippen molar-refractivity contribution in [1.82, 2.24) is 10.2 Å². The molecule has 26 heavy (non-hydrogen) atoms. The van der Waals surface area contributed by atoms with Gasteiger partial charge in [0.05, 0.1) is 12.0 Å². The lowest BCUT2D eigenvalue weighted by atomic mass is 10.2. The van der Waals surface area contributed by atoms with Crippen LogP contribution in [0, 0.1) is 0 Å². The van der Waals surface area contributed by atoms with E-state index in [2.05, 4.69) is 15.5 Å². The second kappa shape index (κ2) is 6.96. The van der Waals surface area contributed by atoms with Crippen LogP contribution in [0.25, 0.3) is 11.5 Å². The minimum Gasteiger partial charge on any atom is -0.497 e. The van der Waals surface area contributed by atoms with Crippen LogP contribution in [0.5, 0.6) is 5.75 Å². The summed E-state index contributed by atoms with van der Waals surface area (Å²) in [4.78, 5) is 12.3. The van der Waals surface area contributed by atoms with E-state index >= 15 is 0 Å². The fraction of sp³-hybridized carbons (Fsp3) is 0.118. The third kappa shape index (κ3) is 3.89. The normalized spacial score (nSPS) is 11.2. The number of hydrogen-bond acceptors (Lipinski definition) is 7. The number of methoxy groups -OCH3 is 1. The van der Waals surface area contributed by atoms with Gasteiger partial charge in [-0.05, 0) is 36.4 Å². The number of ether oxygens (including phenoxy) is 1. The predicted octanol–water partition coefficient (Wildman–Crippen LogP) is 2.40. The van der Waals surface area contributed by atoms with Gasteiger partial charge in [0.15, 0.2) is 9.84 Å². The van der Waals surface area contributed by atoms with Crippen molar-refractivity contribution in [3.8, 4) is 17.2 Å². The highest BCUT2D eigenvalue weighted by Gasteiger charge is 2.15. The van der Waals surface area contributed by atoms with Crippen LogP contribution in [0.4, 0.5) is 6.01 Å². The summed E-state index contributed by atoms with van der Waals surface area (Å²) in [6.07, 6.45) is 1.07. The number of sulfone groups is 1. The van der Waals surface area contributed by atoms with Crippen molar-refractivity contribution in [2.24, 2.45) is 0 Å². The van der Waals surface area contributed by atoms with Gasteiger partial charge in [0.1, 0.15) is 5.75 Å². The van der Waals surface area contributed by atoms with Crippen LogP contribution < -0.4 is 10.1 Å². The van der Waals surface area contributed by atoms with E-state index in [1.54, 1.807) is 31.4 Å². The topological polar surface area (TPSA) is 111 Å². The molecule has 0 bridgehead atoms. The average molecular weight is 373 g/mol. The lowest BCUT2D eigenvalue weighted by Crippen LogP contribution is -2.13. The Balaban J connectivity index is 1.80. The maximum atomic E-state index is 12.3. The van der Waals surface area contributed by atoms with Crippen LogP contribution in [-0.2, 0) is 9.84 Å². The first-order valence-electron chi connectivity index (χ1n) is 7.46. The van der Waals surface area contributed by atoms with Crippen molar-refractivity contribution in [2.75, 3.05) is 18.7 Å². The molecule has 0 aliphatic rings. The lowest BCUT2D eigenvalue weighted by Gasteiger charge is -2.03. The molecule has 0 aliphatic carbocycles. The first-order valence-corrected chi connectivity index (χ1v) is 9.35. The fourth-order valence-corrected chi connectivity index (χ4v) is 2.85. The summed E-state index contributed by atoms with van der Waals surface area (Å²) in [5.41, 5.74) is 0.797. The van der Waals surface area contributed by atoms with E-state index in [1.807, 2.05) is 0 Å². The van der Waals surface area contributed by atoms with Crippen molar-refractivity contribution in [2.45, 2.75) is 4.90 Å². The smallest absolute Gasteiger partial charge is 0.322 e. The summed E-state index contributed by atoms with van der Waals surface area (Å²) in [5.74, 6) is 0.282. The number of hydrogen-bond donors (Lipinski definition) is 1. The molecule has 1 N–H and O–H groups in total. The number of aromatic nitrogens is 2. The quantitative estimate of drug-likeness (QED) is 0.731. The second-order valence-electron chi connectivity index (χ2n) is 5.40. The van der Waals surface area contributed by atoms with E-state index in [-0.39, 0.29) is 22.4 Å². The zero-order chi connectivity index (χ0) is 18.7. The number of amides is 1. The molecule has 0 fully saturated rings. The Labute approximate surface area is 149 Å². The van der Waals surface area contributed by atoms with E-state index in [0.717, 1.165) is 6.26 Å². The van der Waals surface area contributed by atoms with Gasteiger partial charge in [-0.1, -0.05) is 17.2 Å². The van der Waals surface area contributed by atoms with Crippen molar-refractivity contribution in [3.63, 3.8) is 0 Å². The van der Waals surface area contributed by atoms with Gasteiger partial charge in [-0.25, -0.2) is 8.42 Å². The molecule has 0 saturated carbocycles. The molecule has 0 atom stereocenters. The van der Waals surface area contributed by atoms with Crippen molar-refractivity contribution < 1.29 is 22.4 Å². The summed E-state index contributed by atoms with van der Waals surface area (Å²) in [6.45, 7) is 0. The second-order valence-corrected chi connectivity index (χ2v) is 7.41. The van der Waals surface area contributed by atoms with E-state index in [0.29, 0.717) is 11.3 Å². The number of carbonyl (C=O) groups is 1. The molecule has 1 heterocycles. The van der Waals surface area contributed by atoms with Crippen LogP contribution in [0.1, 0.15) is 10.4 Å². The standard InChI is InChI=1S/C17H15N3O5S/c1-24-13-7-3-6-12(9-13)16-19-20-17(25-16)18-15(21)11-5-4-8-14(10-11)26(2,22)23/h3-10H,1-2H3,(H,18,20,21). The minimum absolute atomic E-state index is 0.0488. The molecular formula is C17H15N3O5S. The molecular weight excluding hydrogens is 358 g/mol. The maximum Gasteiger partial charge on any atom is 0.322 e. The van der Waals surface area contributed by atoms with Gasteiger partial charge < -0.3 is 9.15 Å². The third-order valence-electron chi connectivity index (χ3n) is 3.49. The fourth-order valence-electron chi connectivity index (χ4n) is 2.18. The molecule has 0 radical (unpaired) electrons. The molecule has 1 aromatic heterocycles. The van der Waals surface area contributed by atoms with Crippen molar-refractivity contribution >= 4 is 21.8 Å². The van der Waals surface area contributed by atoms with Crippen molar-refractivity contribution in [3.05, 3.63) is 54.1 Å². The molecule has 8 nitrogen and oxygen atoms in total.